The summed E-state index contributed by atoms with van der Waals surface area (Å²) >= 11 is 0. The van der Waals surface area contributed by atoms with E-state index in [0.717, 1.165) is 16.3 Å². The van der Waals surface area contributed by atoms with Crippen molar-refractivity contribution in [2.24, 2.45) is 7.05 Å². The van der Waals surface area contributed by atoms with Gasteiger partial charge in [-0.15, -0.1) is 0 Å². The van der Waals surface area contributed by atoms with Gasteiger partial charge in [0.1, 0.15) is 6.33 Å². The van der Waals surface area contributed by atoms with E-state index in [1.807, 2.05) is 42.5 Å². The van der Waals surface area contributed by atoms with Crippen LogP contribution in [-0.4, -0.2) is 19.5 Å². The number of fused-ring (bicyclic) bond motifs is 1. The fraction of sp³-hybridized carbons (Fsp3) is 0.200. The summed E-state index contributed by atoms with van der Waals surface area (Å²) in [4.78, 5) is 11.8. The Morgan fingerprint density at radius 3 is 2.70 bits per heavy atom. The van der Waals surface area contributed by atoms with Crippen LogP contribution in [0.5, 0.6) is 0 Å². The van der Waals surface area contributed by atoms with Crippen LogP contribution in [0.2, 0.25) is 0 Å². The smallest absolute Gasteiger partial charge is 0.345 e. The van der Waals surface area contributed by atoms with Crippen LogP contribution >= 0.6 is 0 Å². The summed E-state index contributed by atoms with van der Waals surface area (Å²) in [5.74, 6) is 0. The van der Waals surface area contributed by atoms with Crippen LogP contribution in [0.15, 0.2) is 53.6 Å². The van der Waals surface area contributed by atoms with E-state index >= 15 is 0 Å². The number of nitrogens with zero attached hydrogens (tertiary/aromatic N) is 3. The quantitative estimate of drug-likeness (QED) is 0.783. The maximum Gasteiger partial charge on any atom is 0.345 e. The second-order valence-corrected chi connectivity index (χ2v) is 4.79. The largest absolute Gasteiger partial charge is 0.386 e. The minimum absolute atomic E-state index is 0.147. The van der Waals surface area contributed by atoms with Crippen molar-refractivity contribution in [3.63, 3.8) is 0 Å². The van der Waals surface area contributed by atoms with Gasteiger partial charge in [-0.3, -0.25) is 4.57 Å². The summed E-state index contributed by atoms with van der Waals surface area (Å²) in [6, 6.07) is 13.6. The number of aliphatic hydroxyl groups excluding tert-OH is 1. The van der Waals surface area contributed by atoms with Crippen LogP contribution in [0.1, 0.15) is 11.7 Å². The summed E-state index contributed by atoms with van der Waals surface area (Å²) in [5, 5.41) is 16.4. The lowest BCUT2D eigenvalue weighted by atomic mass is 10.0. The first-order valence-electron chi connectivity index (χ1n) is 6.41. The van der Waals surface area contributed by atoms with Crippen LogP contribution in [-0.2, 0) is 13.6 Å². The molecule has 2 aromatic carbocycles. The first kappa shape index (κ1) is 12.6. The first-order chi connectivity index (χ1) is 9.66. The molecule has 1 atom stereocenters. The molecule has 5 nitrogen and oxygen atoms in total. The molecule has 1 heterocycles. The fourth-order valence-electron chi connectivity index (χ4n) is 2.35. The van der Waals surface area contributed by atoms with Gasteiger partial charge in [-0.1, -0.05) is 42.5 Å². The highest BCUT2D eigenvalue weighted by Gasteiger charge is 2.14. The molecule has 0 aliphatic heterocycles. The zero-order valence-electron chi connectivity index (χ0n) is 11.1. The van der Waals surface area contributed by atoms with Crippen LogP contribution < -0.4 is 5.69 Å². The van der Waals surface area contributed by atoms with Gasteiger partial charge >= 0.3 is 5.69 Å². The van der Waals surface area contributed by atoms with Crippen LogP contribution in [0, 0.1) is 0 Å². The van der Waals surface area contributed by atoms with Gasteiger partial charge in [-0.2, -0.15) is 5.10 Å². The summed E-state index contributed by atoms with van der Waals surface area (Å²) in [6.45, 7) is 0.147. The van der Waals surface area contributed by atoms with Gasteiger partial charge in [0.25, 0.3) is 0 Å². The van der Waals surface area contributed by atoms with E-state index in [1.165, 1.54) is 15.6 Å². The molecule has 20 heavy (non-hydrogen) atoms. The average Bonchev–Trinajstić information content (AvgIpc) is 2.78. The van der Waals surface area contributed by atoms with Gasteiger partial charge in [-0.05, 0) is 16.3 Å². The minimum Gasteiger partial charge on any atom is -0.386 e. The lowest BCUT2D eigenvalue weighted by molar-refractivity contribution is 0.151. The Morgan fingerprint density at radius 1 is 1.20 bits per heavy atom. The molecule has 0 radical (unpaired) electrons. The Balaban J connectivity index is 1.99. The predicted octanol–water partition coefficient (Wildman–Crippen LogP) is 1.47. The SMILES string of the molecule is Cn1cnn(CC(O)c2cccc3ccccc23)c1=O. The van der Waals surface area contributed by atoms with Gasteiger partial charge < -0.3 is 5.11 Å². The second-order valence-electron chi connectivity index (χ2n) is 4.79. The summed E-state index contributed by atoms with van der Waals surface area (Å²) in [7, 11) is 1.64. The van der Waals surface area contributed by atoms with E-state index in [2.05, 4.69) is 5.10 Å². The van der Waals surface area contributed by atoms with E-state index in [-0.39, 0.29) is 12.2 Å². The molecule has 3 rings (SSSR count). The molecular formula is C15H15N3O2. The van der Waals surface area contributed by atoms with Crippen molar-refractivity contribution in [1.29, 1.82) is 0 Å². The lowest BCUT2D eigenvalue weighted by Gasteiger charge is -2.13. The van der Waals surface area contributed by atoms with Crippen molar-refractivity contribution in [1.82, 2.24) is 14.3 Å². The van der Waals surface area contributed by atoms with E-state index in [4.69, 9.17) is 0 Å². The molecular weight excluding hydrogens is 254 g/mol. The molecule has 0 fully saturated rings. The van der Waals surface area contributed by atoms with Crippen molar-refractivity contribution < 1.29 is 5.11 Å². The molecule has 0 amide bonds. The Bertz CT molecular complexity index is 799. The molecule has 0 aliphatic rings. The van der Waals surface area contributed by atoms with Crippen LogP contribution in [0.4, 0.5) is 0 Å². The molecule has 0 bridgehead atoms. The van der Waals surface area contributed by atoms with Gasteiger partial charge in [0.05, 0.1) is 12.6 Å². The Hall–Kier alpha value is -2.40. The van der Waals surface area contributed by atoms with Crippen molar-refractivity contribution in [2.75, 3.05) is 0 Å². The first-order valence-corrected chi connectivity index (χ1v) is 6.41. The Labute approximate surface area is 115 Å². The monoisotopic (exact) mass is 269 g/mol. The third-order valence-electron chi connectivity index (χ3n) is 3.41. The predicted molar refractivity (Wildman–Crippen MR) is 76.4 cm³/mol. The van der Waals surface area contributed by atoms with Crippen molar-refractivity contribution in [2.45, 2.75) is 12.6 Å². The van der Waals surface area contributed by atoms with Gasteiger partial charge in [0.15, 0.2) is 0 Å². The maximum atomic E-state index is 11.8. The van der Waals surface area contributed by atoms with Gasteiger partial charge in [0.2, 0.25) is 0 Å². The molecule has 0 aliphatic carbocycles. The van der Waals surface area contributed by atoms with Crippen molar-refractivity contribution >= 4 is 10.8 Å². The van der Waals surface area contributed by atoms with Crippen molar-refractivity contribution in [3.05, 3.63) is 64.8 Å². The summed E-state index contributed by atoms with van der Waals surface area (Å²) < 4.78 is 2.66. The van der Waals surface area contributed by atoms with E-state index in [1.54, 1.807) is 7.05 Å². The fourth-order valence-corrected chi connectivity index (χ4v) is 2.35. The molecule has 0 saturated carbocycles. The van der Waals surface area contributed by atoms with Crippen LogP contribution in [0.25, 0.3) is 10.8 Å². The third kappa shape index (κ3) is 2.12. The van der Waals surface area contributed by atoms with E-state index < -0.39 is 6.10 Å². The average molecular weight is 269 g/mol. The van der Waals surface area contributed by atoms with Gasteiger partial charge in [-0.25, -0.2) is 9.48 Å². The molecule has 1 aromatic heterocycles. The molecule has 3 aromatic rings. The number of rotatable bonds is 3. The highest BCUT2D eigenvalue weighted by Crippen LogP contribution is 2.24. The lowest BCUT2D eigenvalue weighted by Crippen LogP contribution is -2.25. The van der Waals surface area contributed by atoms with Crippen LogP contribution in [0.3, 0.4) is 0 Å². The number of aromatic nitrogens is 3. The number of aliphatic hydroxyl groups is 1. The molecule has 0 saturated heterocycles. The van der Waals surface area contributed by atoms with E-state index in [9.17, 15) is 9.90 Å². The highest BCUT2D eigenvalue weighted by atomic mass is 16.3. The number of benzene rings is 2. The molecule has 102 valence electrons. The van der Waals surface area contributed by atoms with Gasteiger partial charge in [0, 0.05) is 7.05 Å². The number of aryl methyl sites for hydroxylation is 1. The second kappa shape index (κ2) is 4.94. The minimum atomic E-state index is -0.770. The summed E-state index contributed by atoms with van der Waals surface area (Å²) in [6.07, 6.45) is 0.673. The topological polar surface area (TPSA) is 60.1 Å². The molecule has 5 heteroatoms. The van der Waals surface area contributed by atoms with Crippen molar-refractivity contribution in [3.8, 4) is 0 Å². The highest BCUT2D eigenvalue weighted by molar-refractivity contribution is 5.85. The zero-order valence-corrected chi connectivity index (χ0v) is 11.1. The standard InChI is InChI=1S/C15H15N3O2/c1-17-10-16-18(15(17)20)9-14(19)13-8-4-6-11-5-2-3-7-12(11)13/h2-8,10,14,19H,9H2,1H3. The third-order valence-corrected chi connectivity index (χ3v) is 3.41. The normalized spacial score (nSPS) is 12.7. The summed E-state index contributed by atoms with van der Waals surface area (Å²) in [5.41, 5.74) is 0.574. The number of hydrogen-bond acceptors (Lipinski definition) is 3. The Kier molecular flexibility index (Phi) is 3.12. The molecule has 1 unspecified atom stereocenters. The molecule has 0 spiro atoms. The number of hydrogen-bond donors (Lipinski definition) is 1. The van der Waals surface area contributed by atoms with E-state index in [0.29, 0.717) is 0 Å². The Morgan fingerprint density at radius 2 is 1.95 bits per heavy atom. The maximum absolute atomic E-state index is 11.8. The zero-order chi connectivity index (χ0) is 14.1. The molecule has 1 N–H and O–H groups in total.